The van der Waals surface area contributed by atoms with E-state index in [0.29, 0.717) is 16.6 Å². The van der Waals surface area contributed by atoms with Crippen molar-refractivity contribution in [3.05, 3.63) is 69.6 Å². The number of hydrogen-bond acceptors (Lipinski definition) is 5. The number of aromatic nitrogens is 4. The van der Waals surface area contributed by atoms with E-state index >= 15 is 0 Å². The van der Waals surface area contributed by atoms with Crippen molar-refractivity contribution in [3.8, 4) is 0 Å². The Labute approximate surface area is 201 Å². The molecule has 2 heterocycles. The van der Waals surface area contributed by atoms with Crippen LogP contribution in [-0.4, -0.2) is 40.6 Å². The van der Waals surface area contributed by atoms with Gasteiger partial charge in [0.05, 0.1) is 18.4 Å². The van der Waals surface area contributed by atoms with Gasteiger partial charge in [0.25, 0.3) is 10.0 Å². The number of aryl methyl sites for hydroxylation is 2. The summed E-state index contributed by atoms with van der Waals surface area (Å²) in [6, 6.07) is 5.85. The third kappa shape index (κ3) is 5.40. The number of carbonyl (C=O) groups is 1. The van der Waals surface area contributed by atoms with Crippen molar-refractivity contribution >= 4 is 44.8 Å². The highest BCUT2D eigenvalue weighted by atomic mass is 35.5. The molecule has 1 aliphatic carbocycles. The van der Waals surface area contributed by atoms with Crippen molar-refractivity contribution in [2.45, 2.75) is 30.8 Å². The lowest BCUT2D eigenvalue weighted by atomic mass is 9.92. The Bertz CT molecular complexity index is 1330. The highest BCUT2D eigenvalue weighted by Gasteiger charge is 2.22. The number of amides is 2. The number of halogens is 2. The van der Waals surface area contributed by atoms with E-state index in [1.165, 1.54) is 16.9 Å². The van der Waals surface area contributed by atoms with Gasteiger partial charge in [-0.2, -0.15) is 18.6 Å². The minimum atomic E-state index is -4.03. The van der Waals surface area contributed by atoms with Crippen molar-refractivity contribution in [3.63, 3.8) is 0 Å². The first-order chi connectivity index (χ1) is 15.7. The minimum absolute atomic E-state index is 0.158. The van der Waals surface area contributed by atoms with E-state index in [9.17, 15) is 13.2 Å². The molecule has 0 unspecified atom stereocenters. The maximum atomic E-state index is 12.2. The second-order valence-electron chi connectivity index (χ2n) is 7.64. The first-order valence-corrected chi connectivity index (χ1v) is 12.4. The first kappa shape index (κ1) is 23.3. The summed E-state index contributed by atoms with van der Waals surface area (Å²) in [5.41, 5.74) is 4.05. The summed E-state index contributed by atoms with van der Waals surface area (Å²) in [6.07, 6.45) is 7.92. The van der Waals surface area contributed by atoms with Gasteiger partial charge in [0, 0.05) is 29.8 Å². The monoisotopic (exact) mass is 508 g/mol. The van der Waals surface area contributed by atoms with Crippen molar-refractivity contribution in [2.24, 2.45) is 7.05 Å². The molecule has 0 bridgehead atoms. The molecule has 2 amide bonds. The van der Waals surface area contributed by atoms with Crippen LogP contribution in [0.4, 0.5) is 4.79 Å². The molecule has 4 rings (SSSR count). The standard InChI is InChI=1S/C21H22Cl2N6O3S/c1-28-10-8-19(26-28)33(31,32)27-21(30)24-9-7-14-3-2-4-15-12-25-29(20(14)15)13-16-5-6-17(22)11-18(16)23/h5-8,10-12H,2-4,9,13H2,1H3,(H2,24,27,30)/b14-7+. The lowest BCUT2D eigenvalue weighted by Crippen LogP contribution is -2.39. The molecular weight excluding hydrogens is 487 g/mol. The molecule has 9 nitrogen and oxygen atoms in total. The van der Waals surface area contributed by atoms with Crippen LogP contribution >= 0.6 is 23.2 Å². The maximum absolute atomic E-state index is 12.2. The number of urea groups is 1. The largest absolute Gasteiger partial charge is 0.334 e. The summed E-state index contributed by atoms with van der Waals surface area (Å²) in [5, 5.41) is 11.8. The molecule has 0 saturated carbocycles. The Kier molecular flexibility index (Phi) is 6.78. The molecule has 0 atom stereocenters. The summed E-state index contributed by atoms with van der Waals surface area (Å²) >= 11 is 12.3. The Morgan fingerprint density at radius 2 is 2.06 bits per heavy atom. The molecule has 2 N–H and O–H groups in total. The predicted molar refractivity (Wildman–Crippen MR) is 126 cm³/mol. The topological polar surface area (TPSA) is 111 Å². The number of benzene rings is 1. The van der Waals surface area contributed by atoms with Gasteiger partial charge >= 0.3 is 6.03 Å². The predicted octanol–water partition coefficient (Wildman–Crippen LogP) is 3.38. The zero-order valence-corrected chi connectivity index (χ0v) is 20.1. The molecule has 1 aromatic carbocycles. The highest BCUT2D eigenvalue weighted by molar-refractivity contribution is 7.90. The van der Waals surface area contributed by atoms with Crippen LogP contribution in [0.1, 0.15) is 29.7 Å². The third-order valence-corrected chi connectivity index (χ3v) is 7.06. The summed E-state index contributed by atoms with van der Waals surface area (Å²) < 4.78 is 29.6. The summed E-state index contributed by atoms with van der Waals surface area (Å²) in [5.74, 6) is 0. The van der Waals surface area contributed by atoms with Crippen molar-refractivity contribution in [1.82, 2.24) is 29.6 Å². The van der Waals surface area contributed by atoms with Crippen LogP contribution < -0.4 is 10.0 Å². The second kappa shape index (κ2) is 9.58. The van der Waals surface area contributed by atoms with Gasteiger partial charge < -0.3 is 5.32 Å². The van der Waals surface area contributed by atoms with Crippen molar-refractivity contribution in [2.75, 3.05) is 6.54 Å². The number of allylic oxidation sites excluding steroid dienone is 1. The van der Waals surface area contributed by atoms with Gasteiger partial charge in [-0.3, -0.25) is 9.36 Å². The van der Waals surface area contributed by atoms with E-state index in [1.807, 2.05) is 27.7 Å². The van der Waals surface area contributed by atoms with Crippen LogP contribution in [0.25, 0.3) is 5.57 Å². The van der Waals surface area contributed by atoms with Crippen LogP contribution in [0.15, 0.2) is 47.8 Å². The van der Waals surface area contributed by atoms with E-state index in [-0.39, 0.29) is 11.6 Å². The molecule has 0 spiro atoms. The molecule has 33 heavy (non-hydrogen) atoms. The average Bonchev–Trinajstić information content (AvgIpc) is 3.37. The Balaban J connectivity index is 1.45. The average molecular weight is 509 g/mol. The van der Waals surface area contributed by atoms with Gasteiger partial charge in [0.15, 0.2) is 5.03 Å². The number of hydrogen-bond donors (Lipinski definition) is 2. The van der Waals surface area contributed by atoms with Gasteiger partial charge in [0.1, 0.15) is 0 Å². The number of rotatable bonds is 6. The highest BCUT2D eigenvalue weighted by Crippen LogP contribution is 2.31. The summed E-state index contributed by atoms with van der Waals surface area (Å²) in [7, 11) is -2.44. The number of nitrogens with zero attached hydrogens (tertiary/aromatic N) is 4. The van der Waals surface area contributed by atoms with E-state index in [4.69, 9.17) is 23.2 Å². The Hall–Kier alpha value is -2.82. The summed E-state index contributed by atoms with van der Waals surface area (Å²) in [4.78, 5) is 12.1. The molecule has 0 saturated heterocycles. The molecule has 1 aliphatic rings. The van der Waals surface area contributed by atoms with Crippen LogP contribution in [-0.2, 0) is 30.0 Å². The van der Waals surface area contributed by atoms with E-state index in [1.54, 1.807) is 19.2 Å². The maximum Gasteiger partial charge on any atom is 0.328 e. The fraction of sp³-hybridized carbons (Fsp3) is 0.286. The molecule has 3 aromatic rings. The van der Waals surface area contributed by atoms with Crippen LogP contribution in [0.5, 0.6) is 0 Å². The molecule has 174 valence electrons. The lowest BCUT2D eigenvalue weighted by Gasteiger charge is -2.18. The lowest BCUT2D eigenvalue weighted by molar-refractivity contribution is 0.247. The fourth-order valence-electron chi connectivity index (χ4n) is 3.71. The third-order valence-electron chi connectivity index (χ3n) is 5.25. The number of nitrogens with one attached hydrogen (secondary N) is 2. The quantitative estimate of drug-likeness (QED) is 0.530. The van der Waals surface area contributed by atoms with Gasteiger partial charge in [0.2, 0.25) is 0 Å². The van der Waals surface area contributed by atoms with E-state index < -0.39 is 16.1 Å². The zero-order valence-electron chi connectivity index (χ0n) is 17.8. The molecule has 0 aliphatic heterocycles. The van der Waals surface area contributed by atoms with Crippen LogP contribution in [0.3, 0.4) is 0 Å². The minimum Gasteiger partial charge on any atom is -0.334 e. The Morgan fingerprint density at radius 3 is 2.79 bits per heavy atom. The SMILES string of the molecule is Cn1ccc(S(=O)(=O)NC(=O)NC/C=C2\CCCc3cnn(Cc4ccc(Cl)cc4Cl)c32)n1. The molecule has 0 fully saturated rings. The van der Waals surface area contributed by atoms with Gasteiger partial charge in [-0.05, 0) is 54.2 Å². The molecule has 0 radical (unpaired) electrons. The van der Waals surface area contributed by atoms with E-state index in [2.05, 4.69) is 15.5 Å². The molecule has 2 aromatic heterocycles. The molecular formula is C21H22Cl2N6O3S. The van der Waals surface area contributed by atoms with Gasteiger partial charge in [-0.25, -0.2) is 9.52 Å². The number of carbonyl (C=O) groups excluding carboxylic acids is 1. The van der Waals surface area contributed by atoms with Crippen molar-refractivity contribution < 1.29 is 13.2 Å². The van der Waals surface area contributed by atoms with Gasteiger partial charge in [-0.1, -0.05) is 35.3 Å². The van der Waals surface area contributed by atoms with Crippen LogP contribution in [0, 0.1) is 0 Å². The van der Waals surface area contributed by atoms with Gasteiger partial charge in [-0.15, -0.1) is 0 Å². The summed E-state index contributed by atoms with van der Waals surface area (Å²) in [6.45, 7) is 0.643. The second-order valence-corrected chi connectivity index (χ2v) is 10.1. The number of sulfonamides is 1. The smallest absolute Gasteiger partial charge is 0.328 e. The van der Waals surface area contributed by atoms with Crippen LogP contribution in [0.2, 0.25) is 10.0 Å². The molecule has 12 heteroatoms. The van der Waals surface area contributed by atoms with E-state index in [0.717, 1.165) is 41.7 Å². The first-order valence-electron chi connectivity index (χ1n) is 10.2. The Morgan fingerprint density at radius 1 is 1.24 bits per heavy atom. The zero-order chi connectivity index (χ0) is 23.6. The normalized spacial score (nSPS) is 14.8. The number of fused-ring (bicyclic) bond motifs is 1. The van der Waals surface area contributed by atoms with Crippen molar-refractivity contribution in [1.29, 1.82) is 0 Å². The fourth-order valence-corrected chi connectivity index (χ4v) is 5.08.